The average Bonchev–Trinajstić information content (AvgIpc) is 4.16. The summed E-state index contributed by atoms with van der Waals surface area (Å²) in [7, 11) is 0. The van der Waals surface area contributed by atoms with Gasteiger partial charge < -0.3 is 30.3 Å². The van der Waals surface area contributed by atoms with E-state index in [4.69, 9.17) is 6.57 Å². The largest absolute Gasteiger partial charge is 0.503 e. The van der Waals surface area contributed by atoms with E-state index in [0.717, 1.165) is 111 Å². The van der Waals surface area contributed by atoms with Gasteiger partial charge in [-0.05, 0) is 139 Å². The van der Waals surface area contributed by atoms with Crippen LogP contribution in [0.2, 0.25) is 0 Å². The predicted octanol–water partition coefficient (Wildman–Crippen LogP) is 12.1. The summed E-state index contributed by atoms with van der Waals surface area (Å²) in [5.41, 5.74) is 1.49. The van der Waals surface area contributed by atoms with E-state index in [0.29, 0.717) is 12.5 Å². The number of carboxylic acid groups (broad SMARTS) is 1. The molecular formula is C53H67BrN8O4. The summed E-state index contributed by atoms with van der Waals surface area (Å²) in [5.74, 6) is 1.48. The Morgan fingerprint density at radius 2 is 1.26 bits per heavy atom. The van der Waals surface area contributed by atoms with Gasteiger partial charge in [-0.25, -0.2) is 26.3 Å². The minimum atomic E-state index is -1.33. The van der Waals surface area contributed by atoms with Gasteiger partial charge in [0.2, 0.25) is 5.43 Å². The maximum Gasteiger partial charge on any atom is 0.341 e. The molecule has 13 heteroatoms. The van der Waals surface area contributed by atoms with E-state index in [1.54, 1.807) is 10.8 Å². The highest BCUT2D eigenvalue weighted by molar-refractivity contribution is 9.10. The van der Waals surface area contributed by atoms with E-state index in [1.807, 2.05) is 36.7 Å². The molecule has 0 amide bonds. The number of carbonyl (C=O) groups is 1. The summed E-state index contributed by atoms with van der Waals surface area (Å²) in [4.78, 5) is 40.4. The number of aromatic carboxylic acids is 1. The SMILES string of the molecule is N#CC1(c2ccnc(Br)c2)CCCC1.O=C(O)c1cn(CC2(c3ccnc(NCC4CCCCC4)c3)CCCC2)cc(O)c1=O.[C-]#[N+]C1(c2ccnc(NCC3CCCCC3)c2)CCCC1. The summed E-state index contributed by atoms with van der Waals surface area (Å²) >= 11 is 3.34. The molecule has 5 aliphatic carbocycles. The van der Waals surface area contributed by atoms with Gasteiger partial charge in [-0.2, -0.15) is 5.26 Å². The Hall–Kier alpha value is -5.27. The first-order valence-electron chi connectivity index (χ1n) is 24.6. The maximum atomic E-state index is 11.9. The Kier molecular flexibility index (Phi) is 16.9. The van der Waals surface area contributed by atoms with Gasteiger partial charge in [0.15, 0.2) is 5.75 Å². The number of anilines is 2. The van der Waals surface area contributed by atoms with Crippen LogP contribution in [0, 0.1) is 29.7 Å². The number of hydrogen-bond acceptors (Lipinski definition) is 9. The van der Waals surface area contributed by atoms with Crippen LogP contribution in [-0.4, -0.2) is 48.8 Å². The van der Waals surface area contributed by atoms with E-state index in [1.165, 1.54) is 95.0 Å². The lowest BCUT2D eigenvalue weighted by atomic mass is 9.79. The monoisotopic (exact) mass is 958 g/mol. The Morgan fingerprint density at radius 1 is 0.742 bits per heavy atom. The molecule has 4 heterocycles. The topological polar surface area (TPSA) is 170 Å². The molecule has 0 saturated heterocycles. The molecule has 5 aliphatic rings. The highest BCUT2D eigenvalue weighted by atomic mass is 79.9. The first-order valence-corrected chi connectivity index (χ1v) is 25.3. The van der Waals surface area contributed by atoms with Gasteiger partial charge in [0.1, 0.15) is 21.8 Å². The Morgan fingerprint density at radius 3 is 1.80 bits per heavy atom. The molecule has 0 bridgehead atoms. The molecule has 4 aromatic rings. The molecule has 0 spiro atoms. The average molecular weight is 960 g/mol. The van der Waals surface area contributed by atoms with E-state index < -0.39 is 22.7 Å². The number of nitriles is 1. The minimum absolute atomic E-state index is 0.179. The predicted molar refractivity (Wildman–Crippen MR) is 263 cm³/mol. The number of halogens is 1. The van der Waals surface area contributed by atoms with Crippen LogP contribution < -0.4 is 16.1 Å². The van der Waals surface area contributed by atoms with Crippen molar-refractivity contribution >= 4 is 33.5 Å². The molecule has 0 aromatic carbocycles. The van der Waals surface area contributed by atoms with Crippen molar-refractivity contribution in [1.29, 1.82) is 5.26 Å². The number of nitrogens with one attached hydrogen (secondary N) is 2. The van der Waals surface area contributed by atoms with Gasteiger partial charge in [0.05, 0.1) is 11.5 Å². The smallest absolute Gasteiger partial charge is 0.341 e. The molecule has 4 N–H and O–H groups in total. The molecule has 0 aliphatic heterocycles. The summed E-state index contributed by atoms with van der Waals surface area (Å²) in [6.45, 7) is 10.1. The Balaban J connectivity index is 0.000000159. The molecule has 66 heavy (non-hydrogen) atoms. The van der Waals surface area contributed by atoms with Crippen molar-refractivity contribution in [3.63, 3.8) is 0 Å². The van der Waals surface area contributed by atoms with Crippen LogP contribution in [0.1, 0.15) is 168 Å². The van der Waals surface area contributed by atoms with Crippen molar-refractivity contribution in [3.8, 4) is 11.8 Å². The quantitative estimate of drug-likeness (QED) is 0.0791. The zero-order chi connectivity index (χ0) is 46.4. The molecule has 5 saturated carbocycles. The van der Waals surface area contributed by atoms with Gasteiger partial charge >= 0.3 is 5.97 Å². The van der Waals surface area contributed by atoms with Gasteiger partial charge in [0.25, 0.3) is 5.54 Å². The van der Waals surface area contributed by atoms with Gasteiger partial charge in [-0.15, -0.1) is 0 Å². The number of aromatic hydroxyl groups is 1. The van der Waals surface area contributed by atoms with Crippen molar-refractivity contribution < 1.29 is 15.0 Å². The number of aromatic nitrogens is 4. The van der Waals surface area contributed by atoms with Crippen LogP contribution >= 0.6 is 15.9 Å². The van der Waals surface area contributed by atoms with Crippen LogP contribution in [0.3, 0.4) is 0 Å². The van der Waals surface area contributed by atoms with Crippen LogP contribution in [0.5, 0.6) is 5.75 Å². The highest BCUT2D eigenvalue weighted by Crippen LogP contribution is 2.45. The fraction of sp³-hybridized carbons (Fsp3) is 0.566. The number of nitrogens with zero attached hydrogens (tertiary/aromatic N) is 6. The molecule has 12 nitrogen and oxygen atoms in total. The van der Waals surface area contributed by atoms with Gasteiger partial charge in [-0.1, -0.05) is 64.2 Å². The number of carboxylic acids is 1. The molecule has 0 atom stereocenters. The van der Waals surface area contributed by atoms with Crippen molar-refractivity contribution in [3.05, 3.63) is 116 Å². The normalized spacial score (nSPS) is 19.8. The highest BCUT2D eigenvalue weighted by Gasteiger charge is 2.42. The molecule has 4 aromatic heterocycles. The molecule has 5 fully saturated rings. The van der Waals surface area contributed by atoms with Crippen molar-refractivity contribution in [2.45, 2.75) is 164 Å². The second kappa shape index (κ2) is 23.0. The van der Waals surface area contributed by atoms with Crippen molar-refractivity contribution in [2.24, 2.45) is 11.8 Å². The summed E-state index contributed by atoms with van der Waals surface area (Å²) in [6.07, 6.45) is 34.3. The minimum Gasteiger partial charge on any atom is -0.503 e. The zero-order valence-corrected chi connectivity index (χ0v) is 40.0. The summed E-state index contributed by atoms with van der Waals surface area (Å²) in [5, 5.41) is 35.6. The Bertz CT molecular complexity index is 2380. The lowest BCUT2D eigenvalue weighted by molar-refractivity contribution is 0.0693. The van der Waals surface area contributed by atoms with E-state index in [2.05, 4.69) is 64.6 Å². The van der Waals surface area contributed by atoms with Crippen LogP contribution in [0.15, 0.2) is 76.8 Å². The zero-order valence-electron chi connectivity index (χ0n) is 38.5. The third kappa shape index (κ3) is 12.2. The first-order chi connectivity index (χ1) is 32.1. The molecule has 0 radical (unpaired) electrons. The van der Waals surface area contributed by atoms with E-state index >= 15 is 0 Å². The fourth-order valence-electron chi connectivity index (χ4n) is 11.3. The standard InChI is InChI=1S/C24H31N3O4.C18H25N3.C11H11BrN2/c28-20-15-27(14-19(22(20)29)23(30)31)16-24(9-4-5-10-24)18-8-11-25-21(12-18)26-13-17-6-2-1-3-7-17;1-19-18(10-5-6-11-18)16-9-12-20-17(13-16)21-14-15-7-3-2-4-8-15;12-10-7-9(3-6-14-10)11(8-13)4-1-2-5-11/h8,11-12,14-15,17,28H,1-7,9-10,13,16H2,(H,25,26)(H,30,31);9,12-13,15H,2-8,10-11,14H2,(H,20,21);3,6-7H,1-2,4-5H2. The van der Waals surface area contributed by atoms with E-state index in [9.17, 15) is 25.1 Å². The fourth-order valence-corrected chi connectivity index (χ4v) is 11.7. The van der Waals surface area contributed by atoms with Gasteiger partial charge in [-0.3, -0.25) is 4.79 Å². The van der Waals surface area contributed by atoms with Gasteiger partial charge in [0, 0.05) is 74.4 Å². The van der Waals surface area contributed by atoms with Crippen LogP contribution in [-0.2, 0) is 22.9 Å². The second-order valence-corrected chi connectivity index (χ2v) is 20.4. The lowest BCUT2D eigenvalue weighted by Crippen LogP contribution is -2.30. The Labute approximate surface area is 399 Å². The molecule has 350 valence electrons. The summed E-state index contributed by atoms with van der Waals surface area (Å²) in [6, 6.07) is 14.7. The summed E-state index contributed by atoms with van der Waals surface area (Å²) < 4.78 is 2.47. The third-order valence-electron chi connectivity index (χ3n) is 15.2. The van der Waals surface area contributed by atoms with Crippen LogP contribution in [0.4, 0.5) is 11.6 Å². The van der Waals surface area contributed by atoms with Crippen molar-refractivity contribution in [2.75, 3.05) is 23.7 Å². The first kappa shape index (κ1) is 48.7. The number of rotatable bonds is 12. The molecular weight excluding hydrogens is 893 g/mol. The lowest BCUT2D eigenvalue weighted by Gasteiger charge is -2.31. The number of hydrogen-bond donors (Lipinski definition) is 4. The molecule has 9 rings (SSSR count). The van der Waals surface area contributed by atoms with Crippen LogP contribution in [0.25, 0.3) is 4.85 Å². The molecule has 0 unspecified atom stereocenters. The number of pyridine rings is 4. The maximum absolute atomic E-state index is 11.9. The second-order valence-electron chi connectivity index (χ2n) is 19.6. The van der Waals surface area contributed by atoms with E-state index in [-0.39, 0.29) is 16.4 Å². The third-order valence-corrected chi connectivity index (χ3v) is 15.6. The van der Waals surface area contributed by atoms with Crippen molar-refractivity contribution in [1.82, 2.24) is 19.5 Å².